The Balaban J connectivity index is 1.87. The van der Waals surface area contributed by atoms with E-state index in [0.29, 0.717) is 12.1 Å². The molecule has 31 heavy (non-hydrogen) atoms. The lowest BCUT2D eigenvalue weighted by Crippen LogP contribution is -2.48. The minimum absolute atomic E-state index is 0.0850. The molecule has 0 aliphatic carbocycles. The molecule has 1 unspecified atom stereocenters. The second-order valence-electron chi connectivity index (χ2n) is 6.67. The summed E-state index contributed by atoms with van der Waals surface area (Å²) < 4.78 is 52.1. The molecule has 3 aromatic rings. The van der Waals surface area contributed by atoms with Gasteiger partial charge in [0.05, 0.1) is 38.8 Å². The van der Waals surface area contributed by atoms with Crippen molar-refractivity contribution in [2.75, 3.05) is 0 Å². The van der Waals surface area contributed by atoms with Crippen molar-refractivity contribution in [3.05, 3.63) is 56.3 Å². The summed E-state index contributed by atoms with van der Waals surface area (Å²) in [5.41, 5.74) is -3.20. The predicted octanol–water partition coefficient (Wildman–Crippen LogP) is 5.26. The van der Waals surface area contributed by atoms with Gasteiger partial charge >= 0.3 is 6.18 Å². The SMILES string of the molecule is CC(C#N)(Cn1nc2c(Cl)cc(Cl)c(Cl)c2n1)NC(=O)c1ccc(C(F)(F)F)cc1F. The Kier molecular flexibility index (Phi) is 6.06. The number of rotatable bonds is 4. The number of nitrogens with one attached hydrogen (secondary N) is 1. The van der Waals surface area contributed by atoms with Crippen molar-refractivity contribution in [3.8, 4) is 6.07 Å². The fraction of sp³-hybridized carbons (Fsp3) is 0.222. The van der Waals surface area contributed by atoms with Gasteiger partial charge in [-0.15, -0.1) is 0 Å². The van der Waals surface area contributed by atoms with Gasteiger partial charge in [-0.2, -0.15) is 33.4 Å². The standard InChI is InChI=1S/C18H10Cl3F4N5O/c1-17(6-26,7-30-28-14-11(20)5-10(19)13(21)15(14)29-30)27-16(31)9-3-2-8(4-12(9)22)18(23,24)25/h2-5H,7H2,1H3,(H,27,31). The predicted molar refractivity (Wildman–Crippen MR) is 105 cm³/mol. The maximum Gasteiger partial charge on any atom is 0.416 e. The molecular formula is C18H10Cl3F4N5O. The van der Waals surface area contributed by atoms with Gasteiger partial charge in [-0.05, 0) is 31.2 Å². The number of halogens is 7. The van der Waals surface area contributed by atoms with E-state index in [1.54, 1.807) is 0 Å². The molecule has 6 nitrogen and oxygen atoms in total. The molecule has 1 N–H and O–H groups in total. The lowest BCUT2D eigenvalue weighted by atomic mass is 10.0. The minimum atomic E-state index is -4.77. The number of fused-ring (bicyclic) bond motifs is 1. The molecule has 0 radical (unpaired) electrons. The average Bonchev–Trinajstić information content (AvgIpc) is 3.09. The van der Waals surface area contributed by atoms with Crippen molar-refractivity contribution in [1.82, 2.24) is 20.3 Å². The van der Waals surface area contributed by atoms with Crippen molar-refractivity contribution in [2.24, 2.45) is 0 Å². The molecule has 1 atom stereocenters. The zero-order chi connectivity index (χ0) is 23.1. The van der Waals surface area contributed by atoms with Crippen LogP contribution in [0.1, 0.15) is 22.8 Å². The lowest BCUT2D eigenvalue weighted by molar-refractivity contribution is -0.137. The molecule has 0 spiro atoms. The zero-order valence-corrected chi connectivity index (χ0v) is 17.6. The van der Waals surface area contributed by atoms with Crippen LogP contribution in [0.15, 0.2) is 24.3 Å². The monoisotopic (exact) mass is 493 g/mol. The first-order valence-electron chi connectivity index (χ1n) is 8.33. The van der Waals surface area contributed by atoms with Crippen LogP contribution in [0.3, 0.4) is 0 Å². The summed E-state index contributed by atoms with van der Waals surface area (Å²) in [5.74, 6) is -2.48. The van der Waals surface area contributed by atoms with Gasteiger partial charge in [-0.3, -0.25) is 4.79 Å². The number of alkyl halides is 3. The number of nitriles is 1. The lowest BCUT2D eigenvalue weighted by Gasteiger charge is -2.22. The van der Waals surface area contributed by atoms with Gasteiger partial charge in [0.1, 0.15) is 22.4 Å². The molecule has 1 heterocycles. The van der Waals surface area contributed by atoms with E-state index in [-0.39, 0.29) is 38.7 Å². The van der Waals surface area contributed by atoms with Gasteiger partial charge in [-0.25, -0.2) is 4.39 Å². The molecule has 1 aromatic heterocycles. The van der Waals surface area contributed by atoms with E-state index in [1.807, 2.05) is 6.07 Å². The van der Waals surface area contributed by atoms with Gasteiger partial charge in [0.2, 0.25) is 0 Å². The maximum atomic E-state index is 14.1. The molecule has 1 amide bonds. The van der Waals surface area contributed by atoms with Gasteiger partial charge < -0.3 is 5.32 Å². The Bertz CT molecular complexity index is 1240. The van der Waals surface area contributed by atoms with Gasteiger partial charge in [-0.1, -0.05) is 34.8 Å². The Morgan fingerprint density at radius 1 is 1.16 bits per heavy atom. The number of amides is 1. The largest absolute Gasteiger partial charge is 0.416 e. The van der Waals surface area contributed by atoms with Gasteiger partial charge in [0, 0.05) is 0 Å². The third kappa shape index (κ3) is 4.69. The number of hydrogen-bond donors (Lipinski definition) is 1. The molecule has 3 rings (SSSR count). The van der Waals surface area contributed by atoms with Crippen LogP contribution in [0.4, 0.5) is 17.6 Å². The molecule has 0 saturated heterocycles. The highest BCUT2D eigenvalue weighted by molar-refractivity contribution is 6.47. The number of nitrogens with zero attached hydrogens (tertiary/aromatic N) is 4. The average molecular weight is 495 g/mol. The van der Waals surface area contributed by atoms with Crippen molar-refractivity contribution >= 4 is 51.7 Å². The highest BCUT2D eigenvalue weighted by Gasteiger charge is 2.33. The van der Waals surface area contributed by atoms with Crippen LogP contribution >= 0.6 is 34.8 Å². The van der Waals surface area contributed by atoms with Crippen molar-refractivity contribution in [2.45, 2.75) is 25.2 Å². The van der Waals surface area contributed by atoms with Gasteiger partial charge in [0.25, 0.3) is 5.91 Å². The summed E-state index contributed by atoms with van der Waals surface area (Å²) >= 11 is 18.1. The van der Waals surface area contributed by atoms with Crippen molar-refractivity contribution in [3.63, 3.8) is 0 Å². The van der Waals surface area contributed by atoms with E-state index in [2.05, 4.69) is 15.5 Å². The smallest absolute Gasteiger partial charge is 0.332 e. The molecule has 13 heteroatoms. The maximum absolute atomic E-state index is 14.1. The third-order valence-electron chi connectivity index (χ3n) is 4.19. The molecule has 0 saturated carbocycles. The van der Waals surface area contributed by atoms with Crippen LogP contribution < -0.4 is 5.32 Å². The summed E-state index contributed by atoms with van der Waals surface area (Å²) in [7, 11) is 0. The first-order valence-corrected chi connectivity index (χ1v) is 9.47. The van der Waals surface area contributed by atoms with Crippen LogP contribution in [0.25, 0.3) is 11.0 Å². The molecule has 0 fully saturated rings. The number of carbonyl (C=O) groups is 1. The number of aromatic nitrogens is 3. The molecular weight excluding hydrogens is 485 g/mol. The molecule has 162 valence electrons. The van der Waals surface area contributed by atoms with Crippen LogP contribution in [-0.2, 0) is 12.7 Å². The van der Waals surface area contributed by atoms with Crippen LogP contribution in [0.2, 0.25) is 15.1 Å². The number of benzene rings is 2. The fourth-order valence-electron chi connectivity index (χ4n) is 2.66. The molecule has 0 aliphatic rings. The molecule has 0 aliphatic heterocycles. The first kappa shape index (κ1) is 23.1. The Hall–Kier alpha value is -2.61. The summed E-state index contributed by atoms with van der Waals surface area (Å²) in [6.07, 6.45) is -4.77. The van der Waals surface area contributed by atoms with Crippen LogP contribution in [0, 0.1) is 17.1 Å². The van der Waals surface area contributed by atoms with E-state index in [0.717, 1.165) is 4.80 Å². The summed E-state index contributed by atoms with van der Waals surface area (Å²) in [5, 5.41) is 20.4. The zero-order valence-electron chi connectivity index (χ0n) is 15.4. The summed E-state index contributed by atoms with van der Waals surface area (Å²) in [6, 6.07) is 4.66. The topological polar surface area (TPSA) is 83.6 Å². The normalized spacial score (nSPS) is 13.6. The van der Waals surface area contributed by atoms with E-state index < -0.39 is 34.6 Å². The Labute approximate surface area is 187 Å². The van der Waals surface area contributed by atoms with E-state index in [9.17, 15) is 27.6 Å². The van der Waals surface area contributed by atoms with Crippen LogP contribution in [0.5, 0.6) is 0 Å². The Morgan fingerprint density at radius 3 is 2.39 bits per heavy atom. The molecule has 2 aromatic carbocycles. The van der Waals surface area contributed by atoms with Crippen molar-refractivity contribution < 1.29 is 22.4 Å². The summed E-state index contributed by atoms with van der Waals surface area (Å²) in [6.45, 7) is 0.994. The fourth-order valence-corrected chi connectivity index (χ4v) is 3.34. The second-order valence-corrected chi connectivity index (χ2v) is 7.86. The van der Waals surface area contributed by atoms with Gasteiger partial charge in [0.15, 0.2) is 0 Å². The minimum Gasteiger partial charge on any atom is -0.332 e. The third-order valence-corrected chi connectivity index (χ3v) is 5.25. The van der Waals surface area contributed by atoms with E-state index in [1.165, 1.54) is 13.0 Å². The number of carbonyl (C=O) groups excluding carboxylic acids is 1. The van der Waals surface area contributed by atoms with E-state index >= 15 is 0 Å². The highest BCUT2D eigenvalue weighted by Crippen LogP contribution is 2.34. The Morgan fingerprint density at radius 2 is 1.81 bits per heavy atom. The van der Waals surface area contributed by atoms with Crippen LogP contribution in [-0.4, -0.2) is 26.4 Å². The molecule has 0 bridgehead atoms. The quantitative estimate of drug-likeness (QED) is 0.396. The summed E-state index contributed by atoms with van der Waals surface area (Å²) in [4.78, 5) is 13.5. The first-order chi connectivity index (χ1) is 14.3. The second kappa shape index (κ2) is 8.15. The highest BCUT2D eigenvalue weighted by atomic mass is 35.5. The van der Waals surface area contributed by atoms with Crippen molar-refractivity contribution in [1.29, 1.82) is 5.26 Å². The van der Waals surface area contributed by atoms with E-state index in [4.69, 9.17) is 34.8 Å². The number of hydrogen-bond acceptors (Lipinski definition) is 4.